The fourth-order valence-corrected chi connectivity index (χ4v) is 1.90. The van der Waals surface area contributed by atoms with Crippen LogP contribution >= 0.6 is 11.6 Å². The molecule has 0 unspecified atom stereocenters. The number of carbonyl (C=O) groups is 1. The molecule has 1 rings (SSSR count). The molecule has 0 N–H and O–H groups in total. The molecular formula is C9H15ClO2. The lowest BCUT2D eigenvalue weighted by molar-refractivity contribution is 0.169. The van der Waals surface area contributed by atoms with Gasteiger partial charge in [0, 0.05) is 11.6 Å². The van der Waals surface area contributed by atoms with Gasteiger partial charge in [0.25, 0.3) is 0 Å². The summed E-state index contributed by atoms with van der Waals surface area (Å²) in [4.78, 5) is 10.2. The molecule has 0 aromatic carbocycles. The van der Waals surface area contributed by atoms with Gasteiger partial charge in [0.2, 0.25) is 0 Å². The van der Waals surface area contributed by atoms with E-state index in [9.17, 15) is 4.79 Å². The van der Waals surface area contributed by atoms with Crippen molar-refractivity contribution in [2.45, 2.75) is 38.5 Å². The van der Waals surface area contributed by atoms with Crippen LogP contribution in [0.4, 0.5) is 4.79 Å². The fourth-order valence-electron chi connectivity index (χ4n) is 1.82. The van der Waals surface area contributed by atoms with Gasteiger partial charge in [-0.25, -0.2) is 4.79 Å². The van der Waals surface area contributed by atoms with E-state index >= 15 is 0 Å². The molecule has 0 atom stereocenters. The molecule has 1 aliphatic rings. The van der Waals surface area contributed by atoms with Gasteiger partial charge in [0.1, 0.15) is 0 Å². The van der Waals surface area contributed by atoms with Crippen molar-refractivity contribution in [2.75, 3.05) is 6.61 Å². The zero-order chi connectivity index (χ0) is 8.81. The average molecular weight is 191 g/mol. The summed E-state index contributed by atoms with van der Waals surface area (Å²) in [7, 11) is 0. The number of rotatable bonds is 4. The van der Waals surface area contributed by atoms with Crippen LogP contribution in [-0.2, 0) is 4.74 Å². The highest BCUT2D eigenvalue weighted by atomic mass is 35.5. The Morgan fingerprint density at radius 3 is 2.67 bits per heavy atom. The van der Waals surface area contributed by atoms with E-state index in [1.165, 1.54) is 32.1 Å². The second kappa shape index (κ2) is 5.41. The minimum Gasteiger partial charge on any atom is -0.454 e. The predicted octanol–water partition coefficient (Wildman–Crippen LogP) is 3.33. The van der Waals surface area contributed by atoms with Crippen LogP contribution in [0, 0.1) is 5.92 Å². The van der Waals surface area contributed by atoms with E-state index in [1.807, 2.05) is 0 Å². The highest BCUT2D eigenvalue weighted by molar-refractivity contribution is 6.61. The van der Waals surface area contributed by atoms with Crippen molar-refractivity contribution < 1.29 is 9.53 Å². The summed E-state index contributed by atoms with van der Waals surface area (Å²) in [5, 5.41) is 0. The Labute approximate surface area is 78.2 Å². The molecule has 0 radical (unpaired) electrons. The molecule has 70 valence electrons. The summed E-state index contributed by atoms with van der Waals surface area (Å²) in [6.45, 7) is 0.485. The van der Waals surface area contributed by atoms with Crippen molar-refractivity contribution in [3.8, 4) is 0 Å². The van der Waals surface area contributed by atoms with Gasteiger partial charge in [-0.1, -0.05) is 25.7 Å². The monoisotopic (exact) mass is 190 g/mol. The third kappa shape index (κ3) is 3.96. The van der Waals surface area contributed by atoms with Crippen LogP contribution in [0.3, 0.4) is 0 Å². The van der Waals surface area contributed by atoms with E-state index in [0.29, 0.717) is 6.61 Å². The first-order valence-corrected chi connectivity index (χ1v) is 4.99. The van der Waals surface area contributed by atoms with Crippen molar-refractivity contribution in [3.05, 3.63) is 0 Å². The van der Waals surface area contributed by atoms with Gasteiger partial charge < -0.3 is 4.74 Å². The summed E-state index contributed by atoms with van der Waals surface area (Å²) in [6, 6.07) is 0. The van der Waals surface area contributed by atoms with Gasteiger partial charge in [-0.2, -0.15) is 0 Å². The lowest BCUT2D eigenvalue weighted by atomic mass is 10.0. The van der Waals surface area contributed by atoms with Crippen molar-refractivity contribution in [3.63, 3.8) is 0 Å². The molecule has 0 aliphatic heterocycles. The zero-order valence-corrected chi connectivity index (χ0v) is 7.98. The molecule has 0 spiro atoms. The molecule has 0 heterocycles. The molecule has 0 bridgehead atoms. The number of ether oxygens (including phenoxy) is 1. The normalized spacial score (nSPS) is 18.1. The van der Waals surface area contributed by atoms with Gasteiger partial charge >= 0.3 is 5.43 Å². The number of hydrogen-bond donors (Lipinski definition) is 0. The maximum Gasteiger partial charge on any atom is 0.403 e. The van der Waals surface area contributed by atoms with Crippen LogP contribution < -0.4 is 0 Å². The molecule has 1 aliphatic carbocycles. The third-order valence-electron chi connectivity index (χ3n) is 2.45. The van der Waals surface area contributed by atoms with Gasteiger partial charge in [-0.3, -0.25) is 0 Å². The van der Waals surface area contributed by atoms with Crippen molar-refractivity contribution in [2.24, 2.45) is 5.92 Å². The number of halogens is 1. The van der Waals surface area contributed by atoms with E-state index in [0.717, 1.165) is 12.3 Å². The van der Waals surface area contributed by atoms with Crippen molar-refractivity contribution in [1.29, 1.82) is 0 Å². The minimum atomic E-state index is -0.679. The smallest absolute Gasteiger partial charge is 0.403 e. The molecule has 1 fully saturated rings. The standard InChI is InChI=1S/C9H15ClO2/c10-9(11)12-7-3-6-8-4-1-2-5-8/h8H,1-7H2. The average Bonchev–Trinajstić information content (AvgIpc) is 2.49. The van der Waals surface area contributed by atoms with Crippen LogP contribution in [0.25, 0.3) is 0 Å². The first-order chi connectivity index (χ1) is 5.79. The third-order valence-corrected chi connectivity index (χ3v) is 2.56. The predicted molar refractivity (Wildman–Crippen MR) is 48.4 cm³/mol. The topological polar surface area (TPSA) is 26.3 Å². The molecule has 0 amide bonds. The highest BCUT2D eigenvalue weighted by Crippen LogP contribution is 2.28. The van der Waals surface area contributed by atoms with Gasteiger partial charge in [0.05, 0.1) is 6.61 Å². The largest absolute Gasteiger partial charge is 0.454 e. The highest BCUT2D eigenvalue weighted by Gasteiger charge is 2.14. The Morgan fingerprint density at radius 1 is 1.42 bits per heavy atom. The van der Waals surface area contributed by atoms with E-state index < -0.39 is 5.43 Å². The summed E-state index contributed by atoms with van der Waals surface area (Å²) in [6.07, 6.45) is 7.61. The fraction of sp³-hybridized carbons (Fsp3) is 0.889. The molecule has 1 saturated carbocycles. The van der Waals surface area contributed by atoms with Crippen molar-refractivity contribution >= 4 is 17.0 Å². The molecular weight excluding hydrogens is 176 g/mol. The Balaban J connectivity index is 1.91. The van der Waals surface area contributed by atoms with Crippen LogP contribution in [0.1, 0.15) is 38.5 Å². The molecule has 12 heavy (non-hydrogen) atoms. The Morgan fingerprint density at radius 2 is 2.08 bits per heavy atom. The summed E-state index contributed by atoms with van der Waals surface area (Å²) >= 11 is 5.01. The summed E-state index contributed by atoms with van der Waals surface area (Å²) in [5.41, 5.74) is -0.679. The SMILES string of the molecule is O=C(Cl)OCCCC1CCCC1. The van der Waals surface area contributed by atoms with E-state index in [1.54, 1.807) is 0 Å². The summed E-state index contributed by atoms with van der Waals surface area (Å²) in [5.74, 6) is 0.874. The van der Waals surface area contributed by atoms with Gasteiger partial charge in [-0.15, -0.1) is 0 Å². The van der Waals surface area contributed by atoms with Crippen LogP contribution in [0.5, 0.6) is 0 Å². The maximum atomic E-state index is 10.2. The second-order valence-electron chi connectivity index (χ2n) is 3.38. The molecule has 0 aromatic rings. The minimum absolute atomic E-state index is 0.485. The lowest BCUT2D eigenvalue weighted by Crippen LogP contribution is -2.00. The van der Waals surface area contributed by atoms with Gasteiger partial charge in [-0.05, 0) is 18.8 Å². The molecule has 2 nitrogen and oxygen atoms in total. The summed E-state index contributed by atoms with van der Waals surface area (Å²) < 4.78 is 4.63. The molecule has 0 saturated heterocycles. The van der Waals surface area contributed by atoms with Crippen LogP contribution in [0.2, 0.25) is 0 Å². The van der Waals surface area contributed by atoms with E-state index in [2.05, 4.69) is 4.74 Å². The Kier molecular flexibility index (Phi) is 4.44. The number of hydrogen-bond acceptors (Lipinski definition) is 2. The molecule has 0 aromatic heterocycles. The van der Waals surface area contributed by atoms with Crippen LogP contribution in [0.15, 0.2) is 0 Å². The van der Waals surface area contributed by atoms with Crippen molar-refractivity contribution in [1.82, 2.24) is 0 Å². The van der Waals surface area contributed by atoms with E-state index in [-0.39, 0.29) is 0 Å². The molecule has 3 heteroatoms. The second-order valence-corrected chi connectivity index (χ2v) is 3.69. The van der Waals surface area contributed by atoms with E-state index in [4.69, 9.17) is 11.6 Å². The first-order valence-electron chi connectivity index (χ1n) is 4.61. The lowest BCUT2D eigenvalue weighted by Gasteiger charge is -2.07. The Hall–Kier alpha value is -0.240. The zero-order valence-electron chi connectivity index (χ0n) is 7.22. The quantitative estimate of drug-likeness (QED) is 0.502. The van der Waals surface area contributed by atoms with Gasteiger partial charge in [0.15, 0.2) is 0 Å². The first kappa shape index (κ1) is 9.85. The number of carbonyl (C=O) groups excluding carboxylic acids is 1. The Bertz CT molecular complexity index is 141. The van der Waals surface area contributed by atoms with Crippen LogP contribution in [-0.4, -0.2) is 12.0 Å². The maximum absolute atomic E-state index is 10.2.